The zero-order valence-corrected chi connectivity index (χ0v) is 30.0. The summed E-state index contributed by atoms with van der Waals surface area (Å²) in [6, 6.07) is 37.9. The van der Waals surface area contributed by atoms with E-state index in [1.165, 1.54) is 36.6 Å². The topological polar surface area (TPSA) is 54.1 Å². The van der Waals surface area contributed by atoms with Crippen molar-refractivity contribution in [2.24, 2.45) is 0 Å². The number of fused-ring (bicyclic) bond motifs is 3. The zero-order valence-electron chi connectivity index (χ0n) is 27.7. The third kappa shape index (κ3) is 6.55. The summed E-state index contributed by atoms with van der Waals surface area (Å²) in [4.78, 5) is 4.73. The minimum atomic E-state index is 0. The minimum absolute atomic E-state index is 0. The van der Waals surface area contributed by atoms with Gasteiger partial charge in [0.15, 0.2) is 0 Å². The number of ether oxygens (including phenoxy) is 2. The number of aromatic nitrogens is 4. The molecule has 48 heavy (non-hydrogen) atoms. The van der Waals surface area contributed by atoms with Crippen molar-refractivity contribution in [1.82, 2.24) is 19.3 Å². The number of unbranched alkanes of at least 4 members (excludes halogenated alkanes) is 3. The molecule has 0 aliphatic heterocycles. The van der Waals surface area contributed by atoms with Crippen LogP contribution >= 0.6 is 0 Å². The van der Waals surface area contributed by atoms with Crippen molar-refractivity contribution in [3.05, 3.63) is 126 Å². The first-order chi connectivity index (χ1) is 23.0. The molecule has 0 unspecified atom stereocenters. The van der Waals surface area contributed by atoms with Crippen molar-refractivity contribution in [2.45, 2.75) is 52.9 Å². The van der Waals surface area contributed by atoms with E-state index in [0.29, 0.717) is 11.5 Å². The van der Waals surface area contributed by atoms with Crippen LogP contribution < -0.4 is 9.47 Å². The van der Waals surface area contributed by atoms with Gasteiger partial charge in [0, 0.05) is 40.5 Å². The summed E-state index contributed by atoms with van der Waals surface area (Å²) < 4.78 is 16.1. The summed E-state index contributed by atoms with van der Waals surface area (Å²) >= 11 is 0. The quantitative estimate of drug-likeness (QED) is 0.0965. The van der Waals surface area contributed by atoms with E-state index in [1.807, 2.05) is 54.1 Å². The Bertz CT molecular complexity index is 2180. The van der Waals surface area contributed by atoms with Crippen molar-refractivity contribution in [3.8, 4) is 39.9 Å². The van der Waals surface area contributed by atoms with Gasteiger partial charge in [-0.2, -0.15) is 17.2 Å². The van der Waals surface area contributed by atoms with Crippen LogP contribution in [0.15, 0.2) is 97.2 Å². The monoisotopic (exact) mass is 813 g/mol. The number of hydrogen-bond donors (Lipinski definition) is 0. The Morgan fingerprint density at radius 1 is 0.792 bits per heavy atom. The van der Waals surface area contributed by atoms with Gasteiger partial charge in [-0.05, 0) is 61.0 Å². The molecular formula is C41H38N4O2Pt. The van der Waals surface area contributed by atoms with E-state index < -0.39 is 0 Å². The Morgan fingerprint density at radius 3 is 2.44 bits per heavy atom. The van der Waals surface area contributed by atoms with Crippen LogP contribution in [0.5, 0.6) is 17.2 Å². The molecule has 0 spiro atoms. The fraction of sp³-hybridized carbons (Fsp3) is 0.220. The molecule has 3 aromatic heterocycles. The molecule has 0 amide bonds. The predicted molar refractivity (Wildman–Crippen MR) is 189 cm³/mol. The van der Waals surface area contributed by atoms with Crippen molar-refractivity contribution < 1.29 is 30.5 Å². The van der Waals surface area contributed by atoms with Crippen molar-refractivity contribution in [3.63, 3.8) is 0 Å². The van der Waals surface area contributed by atoms with Gasteiger partial charge in [0.2, 0.25) is 0 Å². The molecule has 6 nitrogen and oxygen atoms in total. The van der Waals surface area contributed by atoms with Crippen LogP contribution in [-0.2, 0) is 27.5 Å². The van der Waals surface area contributed by atoms with E-state index in [2.05, 4.69) is 79.1 Å². The number of hydrogen-bond acceptors (Lipinski definition) is 4. The number of rotatable bonds is 11. The molecular weight excluding hydrogens is 776 g/mol. The van der Waals surface area contributed by atoms with Crippen molar-refractivity contribution >= 4 is 21.8 Å². The summed E-state index contributed by atoms with van der Waals surface area (Å²) in [5.41, 5.74) is 8.42. The fourth-order valence-corrected chi connectivity index (χ4v) is 6.47. The molecule has 3 heterocycles. The third-order valence-electron chi connectivity index (χ3n) is 8.77. The van der Waals surface area contributed by atoms with Crippen LogP contribution in [-0.4, -0.2) is 26.4 Å². The Morgan fingerprint density at radius 2 is 1.62 bits per heavy atom. The van der Waals surface area contributed by atoms with Crippen molar-refractivity contribution in [1.29, 1.82) is 0 Å². The maximum Gasteiger partial charge on any atom is 2.00 e. The molecule has 0 radical (unpaired) electrons. The van der Waals surface area contributed by atoms with Gasteiger partial charge in [-0.15, -0.1) is 35.7 Å². The second-order valence-electron chi connectivity index (χ2n) is 12.0. The molecule has 0 fully saturated rings. The maximum atomic E-state index is 6.43. The molecule has 0 atom stereocenters. The Hall–Kier alpha value is -4.67. The zero-order chi connectivity index (χ0) is 32.3. The third-order valence-corrected chi connectivity index (χ3v) is 8.77. The van der Waals surface area contributed by atoms with Crippen LogP contribution in [0.3, 0.4) is 0 Å². The van der Waals surface area contributed by atoms with E-state index in [1.54, 1.807) is 13.3 Å². The second-order valence-corrected chi connectivity index (χ2v) is 12.0. The molecule has 0 saturated heterocycles. The molecule has 0 bridgehead atoms. The molecule has 0 saturated carbocycles. The van der Waals surface area contributed by atoms with E-state index >= 15 is 0 Å². The van der Waals surface area contributed by atoms with Gasteiger partial charge in [0.05, 0.1) is 12.8 Å². The summed E-state index contributed by atoms with van der Waals surface area (Å²) in [5.74, 6) is 2.69. The Balaban J connectivity index is 0.00000401. The second kappa shape index (κ2) is 14.6. The van der Waals surface area contributed by atoms with E-state index in [4.69, 9.17) is 19.6 Å². The van der Waals surface area contributed by atoms with Gasteiger partial charge in [0.25, 0.3) is 0 Å². The van der Waals surface area contributed by atoms with Crippen LogP contribution in [0, 0.1) is 26.0 Å². The number of benzene rings is 4. The fourth-order valence-electron chi connectivity index (χ4n) is 6.47. The molecule has 0 aliphatic rings. The number of pyridine rings is 1. The Kier molecular flexibility index (Phi) is 10.1. The van der Waals surface area contributed by atoms with E-state index in [0.717, 1.165) is 62.6 Å². The standard InChI is InChI=1S/C41H38N4O2.Pt/c1-5-6-7-9-13-30-18-21-38-37(24-30)36-20-19-35(26-39(36)44(38)40-27-33(46-4)22-23-42-40)47-34-17-12-16-32(25-34)45-29(3)41(28(2)43-45)31-14-10-8-11-15-31;/h8,10-12,14-24,27H,5-7,9,13H2,1-4H3;/q-2;+2. The molecule has 7 heteroatoms. The van der Waals surface area contributed by atoms with E-state index in [9.17, 15) is 0 Å². The summed E-state index contributed by atoms with van der Waals surface area (Å²) in [6.45, 7) is 6.38. The molecule has 7 rings (SSSR count). The number of aryl methyl sites for hydroxylation is 2. The predicted octanol–water partition coefficient (Wildman–Crippen LogP) is 10.2. The van der Waals surface area contributed by atoms with E-state index in [-0.39, 0.29) is 21.1 Å². The molecule has 244 valence electrons. The molecule has 0 N–H and O–H groups in total. The first-order valence-electron chi connectivity index (χ1n) is 16.4. The van der Waals surface area contributed by atoms with Crippen LogP contribution in [0.4, 0.5) is 0 Å². The van der Waals surface area contributed by atoms with Gasteiger partial charge in [0.1, 0.15) is 11.6 Å². The van der Waals surface area contributed by atoms with Gasteiger partial charge in [-0.25, -0.2) is 4.98 Å². The number of methoxy groups -OCH3 is 1. The Labute approximate surface area is 296 Å². The van der Waals surface area contributed by atoms with Crippen LogP contribution in [0.25, 0.3) is 44.4 Å². The summed E-state index contributed by atoms with van der Waals surface area (Å²) in [5, 5.41) is 7.14. The van der Waals surface area contributed by atoms with Crippen LogP contribution in [0.1, 0.15) is 49.6 Å². The largest absolute Gasteiger partial charge is 2.00 e. The van der Waals surface area contributed by atoms with Gasteiger partial charge in [-0.3, -0.25) is 4.68 Å². The SMILES string of the molecule is CCCCCCc1ccc2c(c1)c1ccc(Oc3[c-]c(-n4nc(C)c(-c5ccccc5)c4C)ccc3)[c-]c1n2-c1cc(OC)ccn1.[Pt+2]. The summed E-state index contributed by atoms with van der Waals surface area (Å²) in [7, 11) is 1.67. The van der Waals surface area contributed by atoms with Gasteiger partial charge >= 0.3 is 21.1 Å². The first kappa shape index (κ1) is 33.2. The first-order valence-corrected chi connectivity index (χ1v) is 16.4. The number of nitrogens with zero attached hydrogens (tertiary/aromatic N) is 4. The molecule has 7 aromatic rings. The van der Waals surface area contributed by atoms with Crippen molar-refractivity contribution in [2.75, 3.05) is 7.11 Å². The normalized spacial score (nSPS) is 11.2. The molecule has 0 aliphatic carbocycles. The average molecular weight is 814 g/mol. The maximum absolute atomic E-state index is 6.43. The van der Waals surface area contributed by atoms with Gasteiger partial charge < -0.3 is 14.0 Å². The minimum Gasteiger partial charge on any atom is -0.509 e. The van der Waals surface area contributed by atoms with Crippen LogP contribution in [0.2, 0.25) is 0 Å². The smallest absolute Gasteiger partial charge is 0.509 e. The average Bonchev–Trinajstić information content (AvgIpc) is 3.59. The van der Waals surface area contributed by atoms with Gasteiger partial charge in [-0.1, -0.05) is 74.2 Å². The molecule has 4 aromatic carbocycles. The summed E-state index contributed by atoms with van der Waals surface area (Å²) in [6.07, 6.45) is 7.80.